The van der Waals surface area contributed by atoms with Gasteiger partial charge in [-0.25, -0.2) is 9.79 Å². The Hall–Kier alpha value is -1.49. The van der Waals surface area contributed by atoms with E-state index < -0.39 is 17.9 Å². The number of aliphatic carboxylic acids is 1. The number of hydrogen-bond acceptors (Lipinski definition) is 6. The number of rotatable bonds is 6. The number of carboxylic acids is 1. The molecule has 10 heteroatoms. The minimum absolute atomic E-state index is 0.203. The van der Waals surface area contributed by atoms with Gasteiger partial charge in [0.15, 0.2) is 3.95 Å². The molecular formula is C16H13BrN2O4S3. The van der Waals surface area contributed by atoms with Gasteiger partial charge in [0.05, 0.1) is 10.9 Å². The van der Waals surface area contributed by atoms with Crippen LogP contribution < -0.4 is 10.6 Å². The number of benzene rings is 1. The lowest BCUT2D eigenvalue weighted by Crippen LogP contribution is -2.23. The van der Waals surface area contributed by atoms with E-state index in [1.165, 1.54) is 16.3 Å². The van der Waals surface area contributed by atoms with Crippen molar-refractivity contribution in [1.82, 2.24) is 4.57 Å². The number of aromatic nitrogens is 1. The maximum Gasteiger partial charge on any atom is 0.326 e. The molecule has 2 heterocycles. The summed E-state index contributed by atoms with van der Waals surface area (Å²) in [5.41, 5.74) is 0.239. The van der Waals surface area contributed by atoms with Crippen molar-refractivity contribution in [3.05, 3.63) is 42.1 Å². The van der Waals surface area contributed by atoms with Gasteiger partial charge in [0, 0.05) is 9.69 Å². The van der Waals surface area contributed by atoms with Crippen LogP contribution in [0.25, 0.3) is 5.57 Å². The summed E-state index contributed by atoms with van der Waals surface area (Å²) in [5.74, 6) is -1.26. The zero-order valence-corrected chi connectivity index (χ0v) is 17.5. The van der Waals surface area contributed by atoms with Gasteiger partial charge < -0.3 is 10.2 Å². The first kappa shape index (κ1) is 19.3. The van der Waals surface area contributed by atoms with Crippen molar-refractivity contribution in [3.63, 3.8) is 0 Å². The lowest BCUT2D eigenvalue weighted by molar-refractivity contribution is -0.141. The van der Waals surface area contributed by atoms with Gasteiger partial charge in [0.1, 0.15) is 10.9 Å². The maximum absolute atomic E-state index is 12.4. The van der Waals surface area contributed by atoms with Crippen LogP contribution in [0.15, 0.2) is 27.7 Å². The van der Waals surface area contributed by atoms with Gasteiger partial charge in [-0.1, -0.05) is 15.9 Å². The highest BCUT2D eigenvalue weighted by Gasteiger charge is 2.30. The summed E-state index contributed by atoms with van der Waals surface area (Å²) < 4.78 is 2.18. The molecule has 1 aliphatic rings. The predicted molar refractivity (Wildman–Crippen MR) is 107 cm³/mol. The van der Waals surface area contributed by atoms with Gasteiger partial charge in [0.25, 0.3) is 5.91 Å². The Morgan fingerprint density at radius 1 is 1.50 bits per heavy atom. The number of hydrogen-bond donors (Lipinski definition) is 2. The van der Waals surface area contributed by atoms with Gasteiger partial charge in [0.2, 0.25) is 5.88 Å². The van der Waals surface area contributed by atoms with Gasteiger partial charge in [-0.3, -0.25) is 9.36 Å². The Morgan fingerprint density at radius 2 is 2.23 bits per heavy atom. The highest BCUT2D eigenvalue weighted by Crippen LogP contribution is 2.36. The molecule has 0 fully saturated rings. The Bertz CT molecular complexity index is 1090. The Kier molecular flexibility index (Phi) is 5.66. The fraction of sp³-hybridized carbons (Fsp3) is 0.250. The average molecular weight is 473 g/mol. The van der Waals surface area contributed by atoms with Gasteiger partial charge in [-0.05, 0) is 48.8 Å². The fourth-order valence-electron chi connectivity index (χ4n) is 2.71. The van der Waals surface area contributed by atoms with Crippen LogP contribution in [0.3, 0.4) is 0 Å². The molecule has 0 spiro atoms. The van der Waals surface area contributed by atoms with Crippen LogP contribution in [0.5, 0.6) is 5.88 Å². The molecule has 1 atom stereocenters. The van der Waals surface area contributed by atoms with Gasteiger partial charge >= 0.3 is 5.97 Å². The highest BCUT2D eigenvalue weighted by atomic mass is 79.9. The van der Waals surface area contributed by atoms with E-state index in [2.05, 4.69) is 20.9 Å². The van der Waals surface area contributed by atoms with Crippen LogP contribution in [0, 0.1) is 3.95 Å². The van der Waals surface area contributed by atoms with E-state index in [1.54, 1.807) is 18.2 Å². The number of thioether (sulfide) groups is 1. The van der Waals surface area contributed by atoms with Crippen molar-refractivity contribution in [1.29, 1.82) is 0 Å². The molecule has 2 N–H and O–H groups in total. The summed E-state index contributed by atoms with van der Waals surface area (Å²) in [6, 6.07) is 4.23. The molecule has 1 aliphatic heterocycles. The van der Waals surface area contributed by atoms with Crippen molar-refractivity contribution in [3.8, 4) is 5.88 Å². The normalized spacial score (nSPS) is 14.2. The first-order chi connectivity index (χ1) is 12.3. The van der Waals surface area contributed by atoms with Gasteiger partial charge in [-0.15, -0.1) is 11.3 Å². The SMILES string of the molecule is CSCCC(C(=O)O)n1c(O)c(C2=c3cc(Br)ccc3=NC2=O)sc1=S. The zero-order valence-electron chi connectivity index (χ0n) is 13.4. The molecule has 0 saturated carbocycles. The van der Waals surface area contributed by atoms with E-state index in [4.69, 9.17) is 12.2 Å². The third kappa shape index (κ3) is 3.38. The van der Waals surface area contributed by atoms with E-state index in [-0.39, 0.29) is 20.3 Å². The van der Waals surface area contributed by atoms with Crippen LogP contribution in [-0.2, 0) is 9.59 Å². The summed E-state index contributed by atoms with van der Waals surface area (Å²) in [6.45, 7) is 0. The number of thiazole rings is 1. The standard InChI is InChI=1S/C16H13BrN2O4S3/c1-25-5-4-10(15(22)23)19-14(21)12(26-16(19)24)11-8-6-7(17)2-3-9(8)18-13(11)20/h2-3,6,10,21H,4-5H2,1H3,(H,22,23). The minimum atomic E-state index is -1.08. The Morgan fingerprint density at radius 3 is 2.88 bits per heavy atom. The fourth-order valence-corrected chi connectivity index (χ4v) is 4.97. The molecule has 1 unspecified atom stereocenters. The third-order valence-electron chi connectivity index (χ3n) is 3.90. The predicted octanol–water partition coefficient (Wildman–Crippen LogP) is 2.48. The van der Waals surface area contributed by atoms with Crippen LogP contribution >= 0.6 is 51.2 Å². The summed E-state index contributed by atoms with van der Waals surface area (Å²) in [7, 11) is 0. The quantitative estimate of drug-likeness (QED) is 0.627. The highest BCUT2D eigenvalue weighted by molar-refractivity contribution is 9.10. The van der Waals surface area contributed by atoms with Crippen LogP contribution in [-0.4, -0.2) is 38.7 Å². The summed E-state index contributed by atoms with van der Waals surface area (Å²) in [5, 5.41) is 21.3. The molecule has 0 saturated heterocycles. The molecule has 0 aliphatic carbocycles. The van der Waals surface area contributed by atoms with Crippen LogP contribution in [0.4, 0.5) is 0 Å². The molecule has 1 amide bonds. The lowest BCUT2D eigenvalue weighted by atomic mass is 10.1. The van der Waals surface area contributed by atoms with E-state index in [0.29, 0.717) is 22.7 Å². The second-order valence-corrected chi connectivity index (χ2v) is 9.03. The number of aromatic hydroxyl groups is 1. The number of carbonyl (C=O) groups excluding carboxylic acids is 1. The number of carbonyl (C=O) groups is 2. The number of fused-ring (bicyclic) bond motifs is 1. The smallest absolute Gasteiger partial charge is 0.326 e. The molecule has 2 aromatic rings. The van der Waals surface area contributed by atoms with Crippen molar-refractivity contribution in [2.24, 2.45) is 4.99 Å². The third-order valence-corrected chi connectivity index (χ3v) is 6.45. The molecule has 3 rings (SSSR count). The topological polar surface area (TPSA) is 91.9 Å². The summed E-state index contributed by atoms with van der Waals surface area (Å²) in [6.07, 6.45) is 2.19. The molecule has 26 heavy (non-hydrogen) atoms. The zero-order chi connectivity index (χ0) is 19.0. The summed E-state index contributed by atoms with van der Waals surface area (Å²) >= 11 is 11.2. The van der Waals surface area contributed by atoms with E-state index in [9.17, 15) is 19.8 Å². The van der Waals surface area contributed by atoms with Crippen molar-refractivity contribution < 1.29 is 19.8 Å². The molecule has 0 bridgehead atoms. The minimum Gasteiger partial charge on any atom is -0.493 e. The summed E-state index contributed by atoms with van der Waals surface area (Å²) in [4.78, 5) is 28.3. The van der Waals surface area contributed by atoms with E-state index >= 15 is 0 Å². The molecule has 6 nitrogen and oxygen atoms in total. The molecule has 1 aromatic heterocycles. The van der Waals surface area contributed by atoms with Crippen molar-refractivity contribution in [2.75, 3.05) is 12.0 Å². The van der Waals surface area contributed by atoms with Crippen LogP contribution in [0.1, 0.15) is 17.3 Å². The van der Waals surface area contributed by atoms with Crippen molar-refractivity contribution in [2.45, 2.75) is 12.5 Å². The number of nitrogens with zero attached hydrogens (tertiary/aromatic N) is 2. The number of carboxylic acid groups (broad SMARTS) is 1. The second-order valence-electron chi connectivity index (χ2n) is 5.48. The maximum atomic E-state index is 12.4. The molecule has 136 valence electrons. The first-order valence-electron chi connectivity index (χ1n) is 7.44. The Labute approximate surface area is 170 Å². The molecular weight excluding hydrogens is 460 g/mol. The first-order valence-corrected chi connectivity index (χ1v) is 10.9. The Balaban J connectivity index is 2.22. The monoisotopic (exact) mass is 472 g/mol. The van der Waals surface area contributed by atoms with E-state index in [0.717, 1.165) is 15.8 Å². The largest absolute Gasteiger partial charge is 0.493 e. The molecule has 0 radical (unpaired) electrons. The number of halogens is 1. The van der Waals surface area contributed by atoms with Gasteiger partial charge in [-0.2, -0.15) is 11.8 Å². The second kappa shape index (κ2) is 7.63. The van der Waals surface area contributed by atoms with Crippen LogP contribution in [0.2, 0.25) is 0 Å². The average Bonchev–Trinajstić information content (AvgIpc) is 3.04. The molecule has 1 aromatic carbocycles. The lowest BCUT2D eigenvalue weighted by Gasteiger charge is -2.14. The number of amides is 1. The van der Waals surface area contributed by atoms with E-state index in [1.807, 2.05) is 6.26 Å². The van der Waals surface area contributed by atoms with Crippen molar-refractivity contribution >= 4 is 68.7 Å².